The molecule has 0 aromatic carbocycles. The molecule has 0 atom stereocenters. The lowest BCUT2D eigenvalue weighted by Crippen LogP contribution is -2.40. The van der Waals surface area contributed by atoms with Crippen molar-refractivity contribution in [3.8, 4) is 0 Å². The van der Waals surface area contributed by atoms with Crippen LogP contribution < -0.4 is 0 Å². The van der Waals surface area contributed by atoms with Gasteiger partial charge >= 0.3 is 0 Å². The fraction of sp³-hybridized carbons (Fsp3) is 0.929. The minimum absolute atomic E-state index is 0.238. The first-order chi connectivity index (χ1) is 8.08. The van der Waals surface area contributed by atoms with Crippen LogP contribution >= 0.6 is 11.6 Å². The van der Waals surface area contributed by atoms with Gasteiger partial charge < -0.3 is 4.90 Å². The van der Waals surface area contributed by atoms with Gasteiger partial charge in [0, 0.05) is 24.9 Å². The van der Waals surface area contributed by atoms with E-state index in [1.54, 1.807) is 0 Å². The molecule has 0 aromatic rings. The molecule has 1 fully saturated rings. The fourth-order valence-corrected chi connectivity index (χ4v) is 3.18. The molecule has 17 heavy (non-hydrogen) atoms. The van der Waals surface area contributed by atoms with Gasteiger partial charge in [0.15, 0.2) is 0 Å². The molecule has 1 rings (SSSR count). The molecule has 0 heterocycles. The van der Waals surface area contributed by atoms with E-state index in [2.05, 4.69) is 13.8 Å². The van der Waals surface area contributed by atoms with Crippen LogP contribution in [-0.4, -0.2) is 29.8 Å². The topological polar surface area (TPSA) is 20.3 Å². The van der Waals surface area contributed by atoms with Crippen molar-refractivity contribution in [2.24, 2.45) is 11.8 Å². The maximum Gasteiger partial charge on any atom is 0.225 e. The minimum Gasteiger partial charge on any atom is -0.345 e. The van der Waals surface area contributed by atoms with Crippen molar-refractivity contribution >= 4 is 17.5 Å². The van der Waals surface area contributed by atoms with Gasteiger partial charge in [-0.05, 0) is 31.6 Å². The van der Waals surface area contributed by atoms with E-state index < -0.39 is 0 Å². The van der Waals surface area contributed by atoms with Crippen LogP contribution in [-0.2, 0) is 4.79 Å². The van der Waals surface area contributed by atoms with Crippen molar-refractivity contribution in [1.82, 2.24) is 4.90 Å². The summed E-state index contributed by atoms with van der Waals surface area (Å²) in [6, 6.07) is 0. The van der Waals surface area contributed by atoms with Crippen molar-refractivity contribution < 1.29 is 4.79 Å². The Bertz CT molecular complexity index is 232. The summed E-state index contributed by atoms with van der Waals surface area (Å²) in [7, 11) is 1.95. The third-order valence-corrected chi connectivity index (χ3v) is 4.07. The minimum atomic E-state index is 0.238. The Balaban J connectivity index is 2.36. The molecule has 2 nitrogen and oxygen atoms in total. The van der Waals surface area contributed by atoms with Crippen molar-refractivity contribution in [2.45, 2.75) is 57.7 Å². The highest BCUT2D eigenvalue weighted by molar-refractivity contribution is 6.21. The van der Waals surface area contributed by atoms with Crippen LogP contribution in [0.5, 0.6) is 0 Å². The summed E-state index contributed by atoms with van der Waals surface area (Å²) in [5, 5.41) is 0.352. The van der Waals surface area contributed by atoms with E-state index in [1.165, 1.54) is 0 Å². The van der Waals surface area contributed by atoms with Gasteiger partial charge in [0.1, 0.15) is 0 Å². The van der Waals surface area contributed by atoms with E-state index in [-0.39, 0.29) is 5.92 Å². The van der Waals surface area contributed by atoms with Crippen LogP contribution in [0.2, 0.25) is 0 Å². The van der Waals surface area contributed by atoms with Crippen molar-refractivity contribution in [3.63, 3.8) is 0 Å². The molecule has 3 heteroatoms. The first-order valence-electron chi connectivity index (χ1n) is 6.97. The molecule has 1 aliphatic rings. The van der Waals surface area contributed by atoms with Crippen LogP contribution in [0.1, 0.15) is 52.4 Å². The maximum absolute atomic E-state index is 12.3. The number of carbonyl (C=O) groups excluding carboxylic acids is 1. The van der Waals surface area contributed by atoms with E-state index in [9.17, 15) is 4.79 Å². The second-order valence-corrected chi connectivity index (χ2v) is 6.04. The van der Waals surface area contributed by atoms with Gasteiger partial charge in [0.05, 0.1) is 0 Å². The Morgan fingerprint density at radius 3 is 2.24 bits per heavy atom. The molecule has 0 N–H and O–H groups in total. The Labute approximate surface area is 111 Å². The second-order valence-electron chi connectivity index (χ2n) is 5.43. The molecular formula is C14H26ClNO. The number of carbonyl (C=O) groups is 1. The number of rotatable bonds is 7. The molecule has 0 unspecified atom stereocenters. The zero-order valence-corrected chi connectivity index (χ0v) is 12.2. The third kappa shape index (κ3) is 4.50. The lowest BCUT2D eigenvalue weighted by Gasteiger charge is -2.35. The lowest BCUT2D eigenvalue weighted by molar-refractivity contribution is -0.135. The average molecular weight is 260 g/mol. The average Bonchev–Trinajstić information content (AvgIpc) is 2.25. The molecule has 0 aliphatic heterocycles. The van der Waals surface area contributed by atoms with E-state index >= 15 is 0 Å². The third-order valence-electron chi connectivity index (χ3n) is 3.71. The van der Waals surface area contributed by atoms with Crippen molar-refractivity contribution in [1.29, 1.82) is 0 Å². The van der Waals surface area contributed by atoms with Gasteiger partial charge in [-0.1, -0.05) is 26.7 Å². The number of amides is 1. The second kappa shape index (κ2) is 7.25. The monoisotopic (exact) mass is 259 g/mol. The highest BCUT2D eigenvalue weighted by Crippen LogP contribution is 2.32. The summed E-state index contributed by atoms with van der Waals surface area (Å²) in [5.74, 6) is 1.21. The number of hydrogen-bond acceptors (Lipinski definition) is 1. The quantitative estimate of drug-likeness (QED) is 0.639. The van der Waals surface area contributed by atoms with Crippen molar-refractivity contribution in [2.75, 3.05) is 13.6 Å². The number of nitrogens with zero attached hydrogens (tertiary/aromatic N) is 1. The molecule has 1 amide bonds. The largest absolute Gasteiger partial charge is 0.345 e. The summed E-state index contributed by atoms with van der Waals surface area (Å²) in [4.78, 5) is 14.2. The SMILES string of the molecule is CCCC(CCC)C(=O)N(C)CC1CC(Cl)C1. The first kappa shape index (κ1) is 14.8. The zero-order chi connectivity index (χ0) is 12.8. The standard InChI is InChI=1S/C14H26ClNO/c1-4-6-12(7-5-2)14(17)16(3)10-11-8-13(15)9-11/h11-13H,4-10H2,1-3H3. The van der Waals surface area contributed by atoms with Crippen LogP contribution in [0.25, 0.3) is 0 Å². The summed E-state index contributed by atoms with van der Waals surface area (Å²) >= 11 is 5.97. The summed E-state index contributed by atoms with van der Waals surface area (Å²) in [6.07, 6.45) is 6.39. The normalized spacial score (nSPS) is 23.6. The van der Waals surface area contributed by atoms with E-state index in [0.29, 0.717) is 17.2 Å². The number of halogens is 1. The summed E-state index contributed by atoms with van der Waals surface area (Å²) in [5.41, 5.74) is 0. The van der Waals surface area contributed by atoms with Gasteiger partial charge in [0.25, 0.3) is 0 Å². The highest BCUT2D eigenvalue weighted by Gasteiger charge is 2.30. The van der Waals surface area contributed by atoms with Crippen LogP contribution in [0.3, 0.4) is 0 Å². The highest BCUT2D eigenvalue weighted by atomic mass is 35.5. The molecule has 0 radical (unpaired) electrons. The summed E-state index contributed by atoms with van der Waals surface area (Å²) in [6.45, 7) is 5.20. The Morgan fingerprint density at radius 2 is 1.82 bits per heavy atom. The van der Waals surface area contributed by atoms with Gasteiger partial charge in [-0.15, -0.1) is 11.6 Å². The maximum atomic E-state index is 12.3. The lowest BCUT2D eigenvalue weighted by atomic mass is 9.84. The molecule has 0 aromatic heterocycles. The summed E-state index contributed by atoms with van der Waals surface area (Å²) < 4.78 is 0. The van der Waals surface area contributed by atoms with Crippen LogP contribution in [0.4, 0.5) is 0 Å². The van der Waals surface area contributed by atoms with Gasteiger partial charge in [-0.25, -0.2) is 0 Å². The van der Waals surface area contributed by atoms with Gasteiger partial charge in [-0.3, -0.25) is 4.79 Å². The van der Waals surface area contributed by atoms with Crippen LogP contribution in [0, 0.1) is 11.8 Å². The molecule has 100 valence electrons. The van der Waals surface area contributed by atoms with E-state index in [1.807, 2.05) is 11.9 Å². The smallest absolute Gasteiger partial charge is 0.225 e. The fourth-order valence-electron chi connectivity index (χ4n) is 2.68. The Morgan fingerprint density at radius 1 is 1.29 bits per heavy atom. The molecule has 1 saturated carbocycles. The molecule has 0 bridgehead atoms. The van der Waals surface area contributed by atoms with Gasteiger partial charge in [0.2, 0.25) is 5.91 Å². The molecular weight excluding hydrogens is 234 g/mol. The van der Waals surface area contributed by atoms with Crippen LogP contribution in [0.15, 0.2) is 0 Å². The predicted octanol–water partition coefficient (Wildman–Crippen LogP) is 3.68. The zero-order valence-electron chi connectivity index (χ0n) is 11.4. The molecule has 0 saturated heterocycles. The first-order valence-corrected chi connectivity index (χ1v) is 7.41. The van der Waals surface area contributed by atoms with Crippen molar-refractivity contribution in [3.05, 3.63) is 0 Å². The Kier molecular flexibility index (Phi) is 6.32. The molecule has 0 spiro atoms. The van der Waals surface area contributed by atoms with E-state index in [4.69, 9.17) is 11.6 Å². The molecule has 1 aliphatic carbocycles. The van der Waals surface area contributed by atoms with Gasteiger partial charge in [-0.2, -0.15) is 0 Å². The van der Waals surface area contributed by atoms with E-state index in [0.717, 1.165) is 45.1 Å². The Hall–Kier alpha value is -0.240. The number of alkyl halides is 1. The predicted molar refractivity (Wildman–Crippen MR) is 73.3 cm³/mol. The number of hydrogen-bond donors (Lipinski definition) is 0.